The van der Waals surface area contributed by atoms with Crippen LogP contribution in [-0.2, 0) is 11.8 Å². The molecule has 33 heavy (non-hydrogen) atoms. The Hall–Kier alpha value is -3.19. The quantitative estimate of drug-likeness (QED) is 0.254. The van der Waals surface area contributed by atoms with Crippen molar-refractivity contribution in [3.63, 3.8) is 0 Å². The van der Waals surface area contributed by atoms with Gasteiger partial charge in [0.25, 0.3) is 0 Å². The molecule has 0 radical (unpaired) electrons. The number of fused-ring (bicyclic) bond motifs is 4. The lowest BCUT2D eigenvalue weighted by molar-refractivity contribution is 0.412. The number of benzene rings is 4. The fraction of sp³-hybridized carbons (Fsp3) is 0.281. The summed E-state index contributed by atoms with van der Waals surface area (Å²) >= 11 is 0. The Bertz CT molecular complexity index is 1490. The van der Waals surface area contributed by atoms with Gasteiger partial charge < -0.3 is 0 Å². The maximum atomic E-state index is 4.90. The first-order chi connectivity index (χ1) is 15.6. The van der Waals surface area contributed by atoms with Crippen molar-refractivity contribution in [1.82, 2.24) is 4.98 Å². The van der Waals surface area contributed by atoms with Crippen LogP contribution in [0.15, 0.2) is 79.0 Å². The van der Waals surface area contributed by atoms with Gasteiger partial charge in [0.1, 0.15) is 0 Å². The van der Waals surface area contributed by atoms with E-state index in [2.05, 4.69) is 114 Å². The van der Waals surface area contributed by atoms with E-state index in [9.17, 15) is 0 Å². The van der Waals surface area contributed by atoms with Crippen LogP contribution in [-0.4, -0.2) is 4.98 Å². The van der Waals surface area contributed by atoms with Crippen LogP contribution >= 0.6 is 0 Å². The van der Waals surface area contributed by atoms with Gasteiger partial charge in [-0.25, -0.2) is 0 Å². The molecule has 1 nitrogen and oxygen atoms in total. The molecule has 0 saturated heterocycles. The summed E-state index contributed by atoms with van der Waals surface area (Å²) in [7, 11) is 0. The highest BCUT2D eigenvalue weighted by molar-refractivity contribution is 6.12. The van der Waals surface area contributed by atoms with Crippen molar-refractivity contribution < 1.29 is 0 Å². The Morgan fingerprint density at radius 1 is 0.636 bits per heavy atom. The zero-order chi connectivity index (χ0) is 23.4. The Labute approximate surface area is 197 Å². The molecular formula is C32H33N. The van der Waals surface area contributed by atoms with E-state index >= 15 is 0 Å². The lowest BCUT2D eigenvalue weighted by atomic mass is 9.82. The maximum absolute atomic E-state index is 4.90. The lowest BCUT2D eigenvalue weighted by Gasteiger charge is -2.23. The van der Waals surface area contributed by atoms with E-state index in [4.69, 9.17) is 4.98 Å². The zero-order valence-corrected chi connectivity index (χ0v) is 20.7. The highest BCUT2D eigenvalue weighted by atomic mass is 14.7. The monoisotopic (exact) mass is 431 g/mol. The van der Waals surface area contributed by atoms with Crippen LogP contribution < -0.4 is 0 Å². The molecule has 166 valence electrons. The van der Waals surface area contributed by atoms with Crippen LogP contribution in [0.4, 0.5) is 0 Å². The van der Waals surface area contributed by atoms with Crippen LogP contribution in [0.5, 0.6) is 0 Å². The number of pyridine rings is 1. The van der Waals surface area contributed by atoms with Crippen molar-refractivity contribution in [2.24, 2.45) is 5.41 Å². The first-order valence-corrected chi connectivity index (χ1v) is 11.9. The van der Waals surface area contributed by atoms with Gasteiger partial charge >= 0.3 is 0 Å². The maximum Gasteiger partial charge on any atom is 0.0780 e. The van der Waals surface area contributed by atoms with Crippen molar-refractivity contribution >= 4 is 32.3 Å². The molecular weight excluding hydrogens is 398 g/mol. The predicted molar refractivity (Wildman–Crippen MR) is 144 cm³/mol. The Morgan fingerprint density at radius 2 is 1.33 bits per heavy atom. The summed E-state index contributed by atoms with van der Waals surface area (Å²) in [4.78, 5) is 4.90. The highest BCUT2D eigenvalue weighted by Gasteiger charge is 2.20. The minimum absolute atomic E-state index is 0.0503. The zero-order valence-electron chi connectivity index (χ0n) is 20.7. The molecule has 0 N–H and O–H groups in total. The number of rotatable bonds is 2. The smallest absolute Gasteiger partial charge is 0.0780 e. The summed E-state index contributed by atoms with van der Waals surface area (Å²) in [6, 6.07) is 26.9. The number of aromatic nitrogens is 1. The van der Waals surface area contributed by atoms with Crippen LogP contribution in [0.2, 0.25) is 0 Å². The molecule has 1 heteroatoms. The van der Waals surface area contributed by atoms with E-state index < -0.39 is 0 Å². The molecule has 0 aliphatic rings. The van der Waals surface area contributed by atoms with Gasteiger partial charge in [0.05, 0.1) is 5.69 Å². The van der Waals surface area contributed by atoms with Gasteiger partial charge in [-0.2, -0.15) is 0 Å². The van der Waals surface area contributed by atoms with Crippen molar-refractivity contribution in [3.8, 4) is 11.3 Å². The van der Waals surface area contributed by atoms with Gasteiger partial charge in [-0.05, 0) is 73.5 Å². The first kappa shape index (κ1) is 21.6. The molecule has 0 unspecified atom stereocenters. The molecule has 0 bridgehead atoms. The van der Waals surface area contributed by atoms with Crippen molar-refractivity contribution in [1.29, 1.82) is 0 Å². The van der Waals surface area contributed by atoms with E-state index in [0.717, 1.165) is 12.1 Å². The number of hydrogen-bond acceptors (Lipinski definition) is 1. The Morgan fingerprint density at radius 3 is 2.09 bits per heavy atom. The summed E-state index contributed by atoms with van der Waals surface area (Å²) in [6.07, 6.45) is 3.03. The lowest BCUT2D eigenvalue weighted by Crippen LogP contribution is -2.12. The summed E-state index contributed by atoms with van der Waals surface area (Å²) in [5.74, 6) is 0. The summed E-state index contributed by atoms with van der Waals surface area (Å²) in [5, 5.41) is 7.76. The highest BCUT2D eigenvalue weighted by Crippen LogP contribution is 2.38. The third kappa shape index (κ3) is 4.02. The molecule has 0 spiro atoms. The van der Waals surface area contributed by atoms with Gasteiger partial charge in [0, 0.05) is 17.1 Å². The first-order valence-electron chi connectivity index (χ1n) is 11.9. The fourth-order valence-corrected chi connectivity index (χ4v) is 5.11. The molecule has 1 aromatic heterocycles. The number of nitrogens with zero attached hydrogens (tertiary/aromatic N) is 1. The Balaban J connectivity index is 1.77. The fourth-order valence-electron chi connectivity index (χ4n) is 5.11. The minimum Gasteiger partial charge on any atom is -0.256 e. The van der Waals surface area contributed by atoms with E-state index in [1.165, 1.54) is 49.0 Å². The Kier molecular flexibility index (Phi) is 5.05. The molecule has 0 fully saturated rings. The van der Waals surface area contributed by atoms with Gasteiger partial charge in [0.2, 0.25) is 0 Å². The van der Waals surface area contributed by atoms with E-state index in [1.54, 1.807) is 0 Å². The molecule has 0 aliphatic heterocycles. The van der Waals surface area contributed by atoms with Gasteiger partial charge in [-0.3, -0.25) is 4.98 Å². The van der Waals surface area contributed by atoms with Crippen LogP contribution in [0.25, 0.3) is 43.6 Å². The largest absolute Gasteiger partial charge is 0.256 e. The second-order valence-corrected chi connectivity index (χ2v) is 11.6. The second-order valence-electron chi connectivity index (χ2n) is 11.6. The molecule has 0 amide bonds. The summed E-state index contributed by atoms with van der Waals surface area (Å²) in [6.45, 7) is 13.8. The van der Waals surface area contributed by atoms with Crippen molar-refractivity contribution in [3.05, 3.63) is 90.1 Å². The van der Waals surface area contributed by atoms with E-state index in [-0.39, 0.29) is 10.8 Å². The van der Waals surface area contributed by atoms with E-state index in [0.29, 0.717) is 0 Å². The predicted octanol–water partition coefficient (Wildman–Crippen LogP) is 9.09. The molecule has 5 rings (SSSR count). The third-order valence-electron chi connectivity index (χ3n) is 6.56. The topological polar surface area (TPSA) is 12.9 Å². The average Bonchev–Trinajstić information content (AvgIpc) is 2.76. The van der Waals surface area contributed by atoms with Gasteiger partial charge in [0.15, 0.2) is 0 Å². The van der Waals surface area contributed by atoms with Crippen LogP contribution in [0.1, 0.15) is 52.7 Å². The number of hydrogen-bond donors (Lipinski definition) is 0. The summed E-state index contributed by atoms with van der Waals surface area (Å²) < 4.78 is 0. The normalized spacial score (nSPS) is 12.7. The van der Waals surface area contributed by atoms with Gasteiger partial charge in [-0.1, -0.05) is 96.1 Å². The van der Waals surface area contributed by atoms with E-state index in [1.807, 2.05) is 6.20 Å². The molecule has 0 aliphatic carbocycles. The van der Waals surface area contributed by atoms with Gasteiger partial charge in [-0.15, -0.1) is 0 Å². The molecule has 0 atom stereocenters. The minimum atomic E-state index is 0.0503. The molecule has 1 heterocycles. The average molecular weight is 432 g/mol. The summed E-state index contributed by atoms with van der Waals surface area (Å²) in [5.41, 5.74) is 5.33. The third-order valence-corrected chi connectivity index (χ3v) is 6.56. The molecule has 0 saturated carbocycles. The standard InChI is InChI=1S/C32H33N/c1-31(2,3)20-22-11-9-13-26-24(22)14-15-28-27(26)16-17-33-30(28)23-18-21-10-7-8-12-25(21)29(19-23)32(4,5)6/h7-19H,20H2,1-6H3. The second kappa shape index (κ2) is 7.70. The van der Waals surface area contributed by atoms with Crippen molar-refractivity contribution in [2.75, 3.05) is 0 Å². The van der Waals surface area contributed by atoms with Crippen LogP contribution in [0, 0.1) is 5.41 Å². The molecule has 4 aromatic carbocycles. The molecule has 5 aromatic rings. The SMILES string of the molecule is CC(C)(C)Cc1cccc2c1ccc1c(-c3cc(C(C)(C)C)c4ccccc4c3)nccc12. The van der Waals surface area contributed by atoms with Crippen molar-refractivity contribution in [2.45, 2.75) is 53.4 Å². The van der Waals surface area contributed by atoms with Crippen LogP contribution in [0.3, 0.4) is 0 Å².